The van der Waals surface area contributed by atoms with Crippen molar-refractivity contribution in [3.05, 3.63) is 158 Å². The molecular weight excluding hydrogens is 1100 g/mol. The normalized spacial score (nSPS) is 13.7. The van der Waals surface area contributed by atoms with E-state index in [-0.39, 0.29) is 38.6 Å². The first kappa shape index (κ1) is 83.9. The van der Waals surface area contributed by atoms with Gasteiger partial charge >= 0.3 is 11.9 Å². The van der Waals surface area contributed by atoms with E-state index < -0.39 is 24.3 Å². The van der Waals surface area contributed by atoms with Crippen molar-refractivity contribution in [2.24, 2.45) is 0 Å². The van der Waals surface area contributed by atoms with Gasteiger partial charge in [0.05, 0.1) is 40.3 Å². The van der Waals surface area contributed by atoms with Crippen molar-refractivity contribution in [2.45, 2.75) is 283 Å². The minimum absolute atomic E-state index is 0.131. The molecule has 0 spiro atoms. The van der Waals surface area contributed by atoms with Gasteiger partial charge in [-0.3, -0.25) is 9.59 Å². The number of carbonyl (C=O) groups is 3. The molecule has 9 heteroatoms. The molecule has 0 radical (unpaired) electrons. The molecule has 0 heterocycles. The summed E-state index contributed by atoms with van der Waals surface area (Å²) in [7, 11) is 5.91. The van der Waals surface area contributed by atoms with Gasteiger partial charge in [0.2, 0.25) is 0 Å². The molecule has 0 saturated heterocycles. The summed E-state index contributed by atoms with van der Waals surface area (Å²) in [6.07, 6.45) is 99.0. The second-order valence-corrected chi connectivity index (χ2v) is 24.4. The summed E-state index contributed by atoms with van der Waals surface area (Å²) < 4.78 is 22.7. The van der Waals surface area contributed by atoms with Crippen LogP contribution in [0.5, 0.6) is 0 Å². The fourth-order valence-electron chi connectivity index (χ4n) is 9.34. The number of esters is 2. The van der Waals surface area contributed by atoms with Gasteiger partial charge in [0, 0.05) is 12.8 Å². The van der Waals surface area contributed by atoms with Crippen molar-refractivity contribution < 1.29 is 42.9 Å². The van der Waals surface area contributed by atoms with E-state index in [2.05, 4.69) is 172 Å². The summed E-state index contributed by atoms with van der Waals surface area (Å²) in [6, 6.07) is 0. The summed E-state index contributed by atoms with van der Waals surface area (Å²) in [5.41, 5.74) is 0. The monoisotopic (exact) mass is 1230 g/mol. The van der Waals surface area contributed by atoms with Crippen LogP contribution in [0, 0.1) is 0 Å². The van der Waals surface area contributed by atoms with E-state index >= 15 is 0 Å². The van der Waals surface area contributed by atoms with Crippen molar-refractivity contribution >= 4 is 17.9 Å². The Labute approximate surface area is 546 Å². The molecule has 0 aromatic rings. The third-order valence-electron chi connectivity index (χ3n) is 14.8. The van der Waals surface area contributed by atoms with Gasteiger partial charge in [0.25, 0.3) is 0 Å². The van der Waals surface area contributed by atoms with Crippen LogP contribution in [-0.2, 0) is 33.3 Å². The molecule has 0 fully saturated rings. The SMILES string of the molecule is CC/C=C\C/C=C\C/C=C\C/C=C\C/C=C\C/C=C\C/C=C\C/C=C\C/C=C\C/C=C\C/C=C\C/C=C\CCCCC(=O)OC(COC(=O)CCCCCCCCCCCCCCC/C=C\CCCCCCCCCC)COC(OCC[N+](C)(C)C)C(=O)[O-]. The third-order valence-corrected chi connectivity index (χ3v) is 14.8. The molecule has 0 aromatic carbocycles. The van der Waals surface area contributed by atoms with E-state index in [4.69, 9.17) is 18.9 Å². The van der Waals surface area contributed by atoms with Gasteiger partial charge in [-0.15, -0.1) is 0 Å². The van der Waals surface area contributed by atoms with Crippen LogP contribution >= 0.6 is 0 Å². The quantitative estimate of drug-likeness (QED) is 0.0195. The number of carbonyl (C=O) groups excluding carboxylic acids is 3. The Kier molecular flexibility index (Phi) is 64.9. The van der Waals surface area contributed by atoms with E-state index in [1.807, 2.05) is 21.1 Å². The molecule has 0 aromatic heterocycles. The standard InChI is InChI=1S/C80H131NO8/c1-6-8-10-12-14-16-18-20-22-24-26-28-30-32-33-34-35-36-37-38-39-40-41-42-43-44-45-47-49-51-53-55-57-59-61-63-65-67-69-71-78(83)89-76(75-88-80(79(84)85)86-73-72-81(3,4)5)74-87-77(82)70-68-66-64-62-60-58-56-54-52-50-48-46-31-29-27-25-23-21-19-17-15-13-11-9-7-2/h8,10,14,16,20,22,25-28,32-33,35-36,38-39,41-42,44-45,49,51,55,57,61,63,76,80H,6-7,9,11-13,15,17-19,21,23-24,29-31,34,37,40,43,46-48,50,52-54,56,58-60,62,64-75H2,1-5H3/b10-8-,16-14-,22-20-,27-25-,28-26-,33-32-,36-35-,39-38-,42-41-,45-44-,51-49-,57-55-,63-61-. The molecule has 0 N–H and O–H groups in total. The molecule has 9 nitrogen and oxygen atoms in total. The molecule has 0 aliphatic carbocycles. The maximum absolute atomic E-state index is 12.9. The number of ether oxygens (including phenoxy) is 4. The molecule has 0 amide bonds. The molecule has 2 unspecified atom stereocenters. The smallest absolute Gasteiger partial charge is 0.306 e. The Hall–Kier alpha value is -5.09. The van der Waals surface area contributed by atoms with Crippen LogP contribution < -0.4 is 5.11 Å². The summed E-state index contributed by atoms with van der Waals surface area (Å²) >= 11 is 0. The molecule has 0 bridgehead atoms. The number of nitrogens with zero attached hydrogens (tertiary/aromatic N) is 1. The van der Waals surface area contributed by atoms with Crippen molar-refractivity contribution in [1.82, 2.24) is 0 Å². The first-order chi connectivity index (χ1) is 43.6. The van der Waals surface area contributed by atoms with Gasteiger partial charge in [-0.25, -0.2) is 0 Å². The van der Waals surface area contributed by atoms with E-state index in [0.29, 0.717) is 17.4 Å². The van der Waals surface area contributed by atoms with Crippen LogP contribution in [-0.4, -0.2) is 82.3 Å². The minimum Gasteiger partial charge on any atom is -0.545 e. The van der Waals surface area contributed by atoms with Crippen molar-refractivity contribution in [2.75, 3.05) is 47.5 Å². The van der Waals surface area contributed by atoms with Crippen LogP contribution in [0.25, 0.3) is 0 Å². The average Bonchev–Trinajstić information content (AvgIpc) is 3.64. The number of allylic oxidation sites excluding steroid dienone is 26. The van der Waals surface area contributed by atoms with Gasteiger partial charge in [-0.1, -0.05) is 287 Å². The lowest BCUT2D eigenvalue weighted by Gasteiger charge is -2.26. The molecule has 0 aliphatic rings. The Morgan fingerprint density at radius 2 is 0.640 bits per heavy atom. The minimum atomic E-state index is -1.64. The third kappa shape index (κ3) is 70.2. The lowest BCUT2D eigenvalue weighted by molar-refractivity contribution is -0.870. The number of carboxylic acids is 1. The lowest BCUT2D eigenvalue weighted by atomic mass is 10.0. The zero-order valence-electron chi connectivity index (χ0n) is 57.5. The Bertz CT molecular complexity index is 2020. The highest BCUT2D eigenvalue weighted by molar-refractivity contribution is 5.70. The Balaban J connectivity index is 4.26. The number of unbranched alkanes of at least 4 members (excludes halogenated alkanes) is 23. The lowest BCUT2D eigenvalue weighted by Crippen LogP contribution is -2.44. The van der Waals surface area contributed by atoms with E-state index in [9.17, 15) is 19.5 Å². The van der Waals surface area contributed by atoms with Crippen molar-refractivity contribution in [3.8, 4) is 0 Å². The van der Waals surface area contributed by atoms with Gasteiger partial charge < -0.3 is 33.3 Å². The number of quaternary nitrogens is 1. The second kappa shape index (κ2) is 68.8. The number of carboxylic acid groups (broad SMARTS) is 1. The highest BCUT2D eigenvalue weighted by atomic mass is 16.7. The maximum atomic E-state index is 12.9. The van der Waals surface area contributed by atoms with Crippen LogP contribution in [0.4, 0.5) is 0 Å². The van der Waals surface area contributed by atoms with Crippen LogP contribution in [0.15, 0.2) is 158 Å². The molecule has 0 aliphatic heterocycles. The van der Waals surface area contributed by atoms with Crippen LogP contribution in [0.1, 0.15) is 271 Å². The number of aliphatic carboxylic acids is 1. The largest absolute Gasteiger partial charge is 0.545 e. The van der Waals surface area contributed by atoms with Crippen molar-refractivity contribution in [1.29, 1.82) is 0 Å². The summed E-state index contributed by atoms with van der Waals surface area (Å²) in [5.74, 6) is -2.35. The molecule has 89 heavy (non-hydrogen) atoms. The Morgan fingerprint density at radius 3 is 0.989 bits per heavy atom. The summed E-state index contributed by atoms with van der Waals surface area (Å²) in [5, 5.41) is 11.8. The number of likely N-dealkylation sites (N-methyl/N-ethyl adjacent to an activating group) is 1. The number of rotatable bonds is 64. The van der Waals surface area contributed by atoms with Crippen LogP contribution in [0.2, 0.25) is 0 Å². The number of hydrogen-bond donors (Lipinski definition) is 0. The zero-order valence-corrected chi connectivity index (χ0v) is 57.5. The molecule has 2 atom stereocenters. The van der Waals surface area contributed by atoms with Gasteiger partial charge in [-0.05, 0) is 128 Å². The molecule has 504 valence electrons. The van der Waals surface area contributed by atoms with Gasteiger partial charge in [0.1, 0.15) is 13.2 Å². The summed E-state index contributed by atoms with van der Waals surface area (Å²) in [4.78, 5) is 37.5. The average molecular weight is 1230 g/mol. The number of hydrogen-bond acceptors (Lipinski definition) is 8. The summed E-state index contributed by atoms with van der Waals surface area (Å²) in [6.45, 7) is 4.58. The fourth-order valence-corrected chi connectivity index (χ4v) is 9.34. The fraction of sp³-hybridized carbons (Fsp3) is 0.637. The first-order valence-electron chi connectivity index (χ1n) is 35.6. The Morgan fingerprint density at radius 1 is 0.348 bits per heavy atom. The van der Waals surface area contributed by atoms with Crippen molar-refractivity contribution in [3.63, 3.8) is 0 Å². The van der Waals surface area contributed by atoms with E-state index in [0.717, 1.165) is 109 Å². The molecule has 0 saturated carbocycles. The first-order valence-corrected chi connectivity index (χ1v) is 35.6. The van der Waals surface area contributed by atoms with Gasteiger partial charge in [0.15, 0.2) is 12.4 Å². The zero-order chi connectivity index (χ0) is 64.7. The van der Waals surface area contributed by atoms with Crippen LogP contribution in [0.3, 0.4) is 0 Å². The second-order valence-electron chi connectivity index (χ2n) is 24.4. The molecular formula is C80H131NO8. The van der Waals surface area contributed by atoms with E-state index in [1.165, 1.54) is 128 Å². The highest BCUT2D eigenvalue weighted by Crippen LogP contribution is 2.16. The topological polar surface area (TPSA) is 111 Å². The van der Waals surface area contributed by atoms with Gasteiger partial charge in [-0.2, -0.15) is 0 Å². The highest BCUT2D eigenvalue weighted by Gasteiger charge is 2.22. The predicted octanol–water partition coefficient (Wildman–Crippen LogP) is 21.1. The molecule has 0 rings (SSSR count). The maximum Gasteiger partial charge on any atom is 0.306 e. The van der Waals surface area contributed by atoms with E-state index in [1.54, 1.807) is 0 Å². The predicted molar refractivity (Wildman–Crippen MR) is 379 cm³/mol.